The molecule has 4 aromatic rings. The molecule has 0 saturated carbocycles. The van der Waals surface area contributed by atoms with Crippen molar-refractivity contribution in [2.24, 2.45) is 0 Å². The number of rotatable bonds is 5. The standard InChI is InChI=1S/C24H21FN4O/c1-16(2)17-5-9-20(10-6-17)27-24(30)22-14-23(18-4-3-13-26-15-18)29(28-22)21-11-7-19(25)8-12-21/h3-16H,1-2H3,(H,27,30). The SMILES string of the molecule is CC(C)c1ccc(NC(=O)c2cc(-c3cccnc3)n(-c3ccc(F)cc3)n2)cc1. The number of carbonyl (C=O) groups is 1. The van der Waals surface area contributed by atoms with Crippen molar-refractivity contribution >= 4 is 11.6 Å². The number of amides is 1. The highest BCUT2D eigenvalue weighted by molar-refractivity contribution is 6.03. The van der Waals surface area contributed by atoms with E-state index in [1.807, 2.05) is 36.4 Å². The number of hydrogen-bond donors (Lipinski definition) is 1. The van der Waals surface area contributed by atoms with Crippen LogP contribution in [0.2, 0.25) is 0 Å². The van der Waals surface area contributed by atoms with Crippen molar-refractivity contribution in [3.05, 3.63) is 96.2 Å². The lowest BCUT2D eigenvalue weighted by Crippen LogP contribution is -2.13. The second kappa shape index (κ2) is 8.29. The van der Waals surface area contributed by atoms with Gasteiger partial charge in [0.15, 0.2) is 5.69 Å². The van der Waals surface area contributed by atoms with E-state index < -0.39 is 0 Å². The number of carbonyl (C=O) groups excluding carboxylic acids is 1. The summed E-state index contributed by atoms with van der Waals surface area (Å²) in [6, 6.07) is 19.1. The molecule has 0 bridgehead atoms. The number of nitrogens with zero attached hydrogens (tertiary/aromatic N) is 3. The van der Waals surface area contributed by atoms with Gasteiger partial charge in [-0.1, -0.05) is 26.0 Å². The molecule has 4 rings (SSSR count). The van der Waals surface area contributed by atoms with Crippen LogP contribution in [0.3, 0.4) is 0 Å². The van der Waals surface area contributed by atoms with Gasteiger partial charge in [0.1, 0.15) is 5.82 Å². The molecule has 0 radical (unpaired) electrons. The minimum Gasteiger partial charge on any atom is -0.321 e. The third-order valence-electron chi connectivity index (χ3n) is 4.81. The van der Waals surface area contributed by atoms with Crippen molar-refractivity contribution < 1.29 is 9.18 Å². The zero-order chi connectivity index (χ0) is 21.1. The molecule has 1 amide bonds. The number of aromatic nitrogens is 3. The molecule has 6 heteroatoms. The number of nitrogens with one attached hydrogen (secondary N) is 1. The van der Waals surface area contributed by atoms with Crippen molar-refractivity contribution in [1.29, 1.82) is 0 Å². The molecule has 0 aliphatic rings. The normalized spacial score (nSPS) is 10.9. The summed E-state index contributed by atoms with van der Waals surface area (Å²) >= 11 is 0. The number of pyridine rings is 1. The molecule has 0 saturated heterocycles. The van der Waals surface area contributed by atoms with Gasteiger partial charge in [0.2, 0.25) is 0 Å². The fourth-order valence-corrected chi connectivity index (χ4v) is 3.14. The number of halogens is 1. The van der Waals surface area contributed by atoms with Crippen molar-refractivity contribution in [2.45, 2.75) is 19.8 Å². The van der Waals surface area contributed by atoms with Crippen molar-refractivity contribution in [2.75, 3.05) is 5.32 Å². The quantitative estimate of drug-likeness (QED) is 0.485. The van der Waals surface area contributed by atoms with Crippen LogP contribution in [0.1, 0.15) is 35.8 Å². The van der Waals surface area contributed by atoms with Gasteiger partial charge in [0.05, 0.1) is 11.4 Å². The van der Waals surface area contributed by atoms with Crippen LogP contribution in [-0.2, 0) is 0 Å². The molecule has 5 nitrogen and oxygen atoms in total. The first-order valence-electron chi connectivity index (χ1n) is 9.69. The van der Waals surface area contributed by atoms with Gasteiger partial charge in [-0.3, -0.25) is 9.78 Å². The van der Waals surface area contributed by atoms with Crippen LogP contribution in [0.15, 0.2) is 79.1 Å². The lowest BCUT2D eigenvalue weighted by Gasteiger charge is -2.08. The Bertz CT molecular complexity index is 1150. The van der Waals surface area contributed by atoms with Gasteiger partial charge in [-0.2, -0.15) is 5.10 Å². The zero-order valence-corrected chi connectivity index (χ0v) is 16.7. The van der Waals surface area contributed by atoms with E-state index in [0.29, 0.717) is 23.0 Å². The molecule has 2 aromatic heterocycles. The minimum absolute atomic E-state index is 0.256. The number of anilines is 1. The van der Waals surface area contributed by atoms with E-state index in [1.165, 1.54) is 17.7 Å². The maximum Gasteiger partial charge on any atom is 0.276 e. The van der Waals surface area contributed by atoms with Crippen molar-refractivity contribution in [1.82, 2.24) is 14.8 Å². The van der Waals surface area contributed by atoms with Gasteiger partial charge < -0.3 is 5.32 Å². The summed E-state index contributed by atoms with van der Waals surface area (Å²) < 4.78 is 15.0. The van der Waals surface area contributed by atoms with Crippen LogP contribution < -0.4 is 5.32 Å². The predicted octanol–water partition coefficient (Wildman–Crippen LogP) is 5.45. The Hall–Kier alpha value is -3.80. The molecule has 0 atom stereocenters. The predicted molar refractivity (Wildman–Crippen MR) is 115 cm³/mol. The van der Waals surface area contributed by atoms with E-state index in [0.717, 1.165) is 5.56 Å². The van der Waals surface area contributed by atoms with Crippen LogP contribution >= 0.6 is 0 Å². The van der Waals surface area contributed by atoms with E-state index in [-0.39, 0.29) is 17.4 Å². The molecular formula is C24H21FN4O. The third kappa shape index (κ3) is 4.12. The number of benzene rings is 2. The lowest BCUT2D eigenvalue weighted by atomic mass is 10.0. The molecule has 0 aliphatic heterocycles. The monoisotopic (exact) mass is 400 g/mol. The molecule has 150 valence electrons. The topological polar surface area (TPSA) is 59.8 Å². The molecular weight excluding hydrogens is 379 g/mol. The van der Waals surface area contributed by atoms with Crippen LogP contribution in [0.4, 0.5) is 10.1 Å². The van der Waals surface area contributed by atoms with E-state index >= 15 is 0 Å². The van der Waals surface area contributed by atoms with Gasteiger partial charge in [-0.05, 0) is 66.1 Å². The second-order valence-corrected chi connectivity index (χ2v) is 7.28. The maximum atomic E-state index is 13.4. The Balaban J connectivity index is 1.68. The van der Waals surface area contributed by atoms with Crippen LogP contribution in [0.25, 0.3) is 16.9 Å². The summed E-state index contributed by atoms with van der Waals surface area (Å²) in [4.78, 5) is 17.0. The average molecular weight is 400 g/mol. The fraction of sp³-hybridized carbons (Fsp3) is 0.125. The van der Waals surface area contributed by atoms with Gasteiger partial charge in [0, 0.05) is 23.6 Å². The van der Waals surface area contributed by atoms with E-state index in [4.69, 9.17) is 0 Å². The van der Waals surface area contributed by atoms with E-state index in [9.17, 15) is 9.18 Å². The fourth-order valence-electron chi connectivity index (χ4n) is 3.14. The highest BCUT2D eigenvalue weighted by Crippen LogP contribution is 2.24. The lowest BCUT2D eigenvalue weighted by molar-refractivity contribution is 0.102. The summed E-state index contributed by atoms with van der Waals surface area (Å²) in [5.41, 5.74) is 4.29. The molecule has 0 spiro atoms. The van der Waals surface area contributed by atoms with Gasteiger partial charge in [0.25, 0.3) is 5.91 Å². The Labute approximate surface area is 174 Å². The van der Waals surface area contributed by atoms with E-state index in [2.05, 4.69) is 29.2 Å². The molecule has 2 aromatic carbocycles. The first-order chi connectivity index (χ1) is 14.5. The van der Waals surface area contributed by atoms with Crippen LogP contribution in [0, 0.1) is 5.82 Å². The summed E-state index contributed by atoms with van der Waals surface area (Å²) in [5, 5.41) is 7.37. The molecule has 30 heavy (non-hydrogen) atoms. The summed E-state index contributed by atoms with van der Waals surface area (Å²) in [6.45, 7) is 4.24. The summed E-state index contributed by atoms with van der Waals surface area (Å²) in [7, 11) is 0. The van der Waals surface area contributed by atoms with E-state index in [1.54, 1.807) is 35.3 Å². The van der Waals surface area contributed by atoms with Crippen molar-refractivity contribution in [3.8, 4) is 16.9 Å². The smallest absolute Gasteiger partial charge is 0.276 e. The second-order valence-electron chi connectivity index (χ2n) is 7.28. The highest BCUT2D eigenvalue weighted by atomic mass is 19.1. The van der Waals surface area contributed by atoms with Gasteiger partial charge >= 0.3 is 0 Å². The number of hydrogen-bond acceptors (Lipinski definition) is 3. The first kappa shape index (κ1) is 19.5. The molecule has 2 heterocycles. The largest absolute Gasteiger partial charge is 0.321 e. The maximum absolute atomic E-state index is 13.4. The Kier molecular flexibility index (Phi) is 5.39. The van der Waals surface area contributed by atoms with Crippen molar-refractivity contribution in [3.63, 3.8) is 0 Å². The summed E-state index contributed by atoms with van der Waals surface area (Å²) in [5.74, 6) is -0.238. The van der Waals surface area contributed by atoms with Crippen LogP contribution in [0.5, 0.6) is 0 Å². The first-order valence-corrected chi connectivity index (χ1v) is 9.69. The average Bonchev–Trinajstić information content (AvgIpc) is 3.21. The van der Waals surface area contributed by atoms with Crippen LogP contribution in [-0.4, -0.2) is 20.7 Å². The molecule has 0 fully saturated rings. The molecule has 0 unspecified atom stereocenters. The van der Waals surface area contributed by atoms with Gasteiger partial charge in [-0.15, -0.1) is 0 Å². The highest BCUT2D eigenvalue weighted by Gasteiger charge is 2.17. The summed E-state index contributed by atoms with van der Waals surface area (Å²) in [6.07, 6.45) is 3.37. The Morgan fingerprint density at radius 3 is 2.40 bits per heavy atom. The minimum atomic E-state index is -0.336. The van der Waals surface area contributed by atoms with Gasteiger partial charge in [-0.25, -0.2) is 9.07 Å². The third-order valence-corrected chi connectivity index (χ3v) is 4.81. The zero-order valence-electron chi connectivity index (χ0n) is 16.7. The Morgan fingerprint density at radius 2 is 1.77 bits per heavy atom. The molecule has 0 aliphatic carbocycles. The molecule has 1 N–H and O–H groups in total. The Morgan fingerprint density at radius 1 is 1.03 bits per heavy atom.